The predicted octanol–water partition coefficient (Wildman–Crippen LogP) is 4.57. The van der Waals surface area contributed by atoms with Crippen molar-refractivity contribution >= 4 is 22.7 Å². The van der Waals surface area contributed by atoms with Crippen LogP contribution in [0, 0.1) is 12.3 Å². The molecule has 1 N–H and O–H groups in total. The van der Waals surface area contributed by atoms with Gasteiger partial charge >= 0.3 is 6.18 Å². The zero-order valence-corrected chi connectivity index (χ0v) is 17.8. The van der Waals surface area contributed by atoms with Crippen LogP contribution in [0.25, 0.3) is 11.3 Å². The van der Waals surface area contributed by atoms with Crippen molar-refractivity contribution in [3.8, 4) is 29.4 Å². The third kappa shape index (κ3) is 5.64. The number of benzene rings is 2. The average molecular weight is 464 g/mol. The van der Waals surface area contributed by atoms with Gasteiger partial charge in [0.05, 0.1) is 10.5 Å². The van der Waals surface area contributed by atoms with E-state index in [0.29, 0.717) is 31.8 Å². The molecule has 160 valence electrons. The molecule has 0 bridgehead atoms. The second-order valence-electron chi connectivity index (χ2n) is 5.96. The first-order valence-electron chi connectivity index (χ1n) is 8.79. The number of ether oxygens (including phenoxy) is 1. The summed E-state index contributed by atoms with van der Waals surface area (Å²) >= 11 is 1.18. The van der Waals surface area contributed by atoms with E-state index in [1.807, 2.05) is 0 Å². The molecule has 31 heavy (non-hydrogen) atoms. The number of terminal acetylenes is 1. The van der Waals surface area contributed by atoms with E-state index in [0.717, 1.165) is 12.1 Å². The second-order valence-corrected chi connectivity index (χ2v) is 8.41. The monoisotopic (exact) mass is 463 g/mol. The maximum Gasteiger partial charge on any atom is 0.416 e. The van der Waals surface area contributed by atoms with Crippen molar-refractivity contribution < 1.29 is 22.1 Å². The summed E-state index contributed by atoms with van der Waals surface area (Å²) in [5.41, 5.74) is 0.386. The smallest absolute Gasteiger partial charge is 0.416 e. The topological polar surface area (TPSA) is 64.1 Å². The van der Waals surface area contributed by atoms with Crippen LogP contribution in [0.3, 0.4) is 0 Å². The Bertz CT molecular complexity index is 1130. The molecule has 1 aromatic heterocycles. The first-order chi connectivity index (χ1) is 14.8. The number of halogens is 3. The molecule has 3 aromatic rings. The maximum atomic E-state index is 12.8. The zero-order valence-electron chi connectivity index (χ0n) is 16.1. The highest BCUT2D eigenvalue weighted by Crippen LogP contribution is 2.37. The van der Waals surface area contributed by atoms with Gasteiger partial charge in [0.15, 0.2) is 0 Å². The molecule has 0 radical (unpaired) electrons. The maximum absolute atomic E-state index is 12.8. The van der Waals surface area contributed by atoms with Gasteiger partial charge in [-0.3, -0.25) is 4.98 Å². The highest BCUT2D eigenvalue weighted by atomic mass is 32.2. The molecule has 1 unspecified atom stereocenters. The SMILES string of the molecule is C#CCOc1ccc(-c2nccnc2Sc2ccc(C(F)(F)F)cc2)cc1S(=O)NC. The Hall–Kier alpha value is -2.87. The van der Waals surface area contributed by atoms with E-state index in [1.165, 1.54) is 36.3 Å². The van der Waals surface area contributed by atoms with Crippen LogP contribution in [0.5, 0.6) is 5.75 Å². The number of nitrogens with one attached hydrogen (secondary N) is 1. The molecule has 1 atom stereocenters. The lowest BCUT2D eigenvalue weighted by molar-refractivity contribution is -0.137. The van der Waals surface area contributed by atoms with Crippen LogP contribution < -0.4 is 9.46 Å². The first-order valence-corrected chi connectivity index (χ1v) is 10.8. The van der Waals surface area contributed by atoms with Crippen molar-refractivity contribution in [2.24, 2.45) is 0 Å². The minimum Gasteiger partial charge on any atom is -0.480 e. The van der Waals surface area contributed by atoms with Gasteiger partial charge in [-0.2, -0.15) is 13.2 Å². The lowest BCUT2D eigenvalue weighted by Gasteiger charge is -2.12. The number of alkyl halides is 3. The van der Waals surface area contributed by atoms with Crippen LogP contribution in [0.2, 0.25) is 0 Å². The molecule has 5 nitrogen and oxygen atoms in total. The number of hydrogen-bond acceptors (Lipinski definition) is 5. The quantitative estimate of drug-likeness (QED) is 0.520. The van der Waals surface area contributed by atoms with Gasteiger partial charge in [-0.15, -0.1) is 6.42 Å². The summed E-state index contributed by atoms with van der Waals surface area (Å²) in [4.78, 5) is 9.63. The van der Waals surface area contributed by atoms with E-state index in [2.05, 4.69) is 20.6 Å². The van der Waals surface area contributed by atoms with Gasteiger partial charge in [-0.1, -0.05) is 17.7 Å². The van der Waals surface area contributed by atoms with E-state index in [9.17, 15) is 17.4 Å². The highest BCUT2D eigenvalue weighted by molar-refractivity contribution is 7.99. The molecule has 0 fully saturated rings. The summed E-state index contributed by atoms with van der Waals surface area (Å²) < 4.78 is 58.9. The molecule has 0 aliphatic heterocycles. The van der Waals surface area contributed by atoms with Crippen molar-refractivity contribution in [2.45, 2.75) is 21.0 Å². The molecule has 10 heteroatoms. The van der Waals surface area contributed by atoms with E-state index in [4.69, 9.17) is 11.2 Å². The summed E-state index contributed by atoms with van der Waals surface area (Å²) in [6.07, 6.45) is 3.83. The van der Waals surface area contributed by atoms with Crippen LogP contribution >= 0.6 is 11.8 Å². The Labute approximate surface area is 184 Å². The Morgan fingerprint density at radius 2 is 1.87 bits per heavy atom. The van der Waals surface area contributed by atoms with Gasteiger partial charge in [0, 0.05) is 22.9 Å². The van der Waals surface area contributed by atoms with Gasteiger partial charge in [-0.05, 0) is 49.5 Å². The van der Waals surface area contributed by atoms with E-state index in [1.54, 1.807) is 25.2 Å². The van der Waals surface area contributed by atoms with Gasteiger partial charge in [0.2, 0.25) is 0 Å². The highest BCUT2D eigenvalue weighted by Gasteiger charge is 2.30. The minimum absolute atomic E-state index is 0.0213. The third-order valence-electron chi connectivity index (χ3n) is 3.97. The fourth-order valence-corrected chi connectivity index (χ4v) is 4.21. The standard InChI is InChI=1S/C21H16F3N3O2S2/c1-3-12-29-17-9-4-14(13-18(17)31(28)25-2)19-20(27-11-10-26-19)30-16-7-5-15(6-8-16)21(22,23)24/h1,4-11,13,25H,12H2,2H3. The Kier molecular flexibility index (Phi) is 7.33. The van der Waals surface area contributed by atoms with E-state index < -0.39 is 22.7 Å². The molecule has 1 heterocycles. The van der Waals surface area contributed by atoms with Crippen LogP contribution in [0.1, 0.15) is 5.56 Å². The molecule has 0 aliphatic carbocycles. The third-order valence-corrected chi connectivity index (χ3v) is 6.06. The summed E-state index contributed by atoms with van der Waals surface area (Å²) in [6, 6.07) is 9.81. The predicted molar refractivity (Wildman–Crippen MR) is 113 cm³/mol. The molecular weight excluding hydrogens is 447 g/mol. The largest absolute Gasteiger partial charge is 0.480 e. The molecule has 2 aromatic carbocycles. The first kappa shape index (κ1) is 22.8. The molecule has 0 aliphatic rings. The molecular formula is C21H16F3N3O2S2. The lowest BCUT2D eigenvalue weighted by Crippen LogP contribution is -2.12. The Morgan fingerprint density at radius 3 is 2.52 bits per heavy atom. The molecule has 0 saturated carbocycles. The van der Waals surface area contributed by atoms with Crippen LogP contribution in [-0.2, 0) is 17.2 Å². The van der Waals surface area contributed by atoms with Crippen molar-refractivity contribution in [3.05, 3.63) is 60.4 Å². The summed E-state index contributed by atoms with van der Waals surface area (Å²) in [5, 5.41) is 0.487. The lowest BCUT2D eigenvalue weighted by atomic mass is 10.1. The second kappa shape index (κ2) is 9.96. The van der Waals surface area contributed by atoms with Crippen LogP contribution in [-0.4, -0.2) is 27.8 Å². The number of hydrogen-bond donors (Lipinski definition) is 1. The van der Waals surface area contributed by atoms with Gasteiger partial charge in [0.1, 0.15) is 34.1 Å². The van der Waals surface area contributed by atoms with Crippen molar-refractivity contribution in [2.75, 3.05) is 13.7 Å². The zero-order chi connectivity index (χ0) is 22.4. The normalized spacial score (nSPS) is 12.2. The van der Waals surface area contributed by atoms with Gasteiger partial charge in [0.25, 0.3) is 0 Å². The number of rotatable bonds is 7. The van der Waals surface area contributed by atoms with Gasteiger partial charge in [-0.25, -0.2) is 13.9 Å². The fourth-order valence-electron chi connectivity index (χ4n) is 2.57. The van der Waals surface area contributed by atoms with Crippen LogP contribution in [0.4, 0.5) is 13.2 Å². The fraction of sp³-hybridized carbons (Fsp3) is 0.143. The average Bonchev–Trinajstić information content (AvgIpc) is 2.77. The summed E-state index contributed by atoms with van der Waals surface area (Å²) in [7, 11) is -0.00672. The molecule has 0 spiro atoms. The van der Waals surface area contributed by atoms with Crippen LogP contribution in [0.15, 0.2) is 69.7 Å². The van der Waals surface area contributed by atoms with E-state index >= 15 is 0 Å². The molecule has 0 saturated heterocycles. The Balaban J connectivity index is 1.96. The van der Waals surface area contributed by atoms with Crippen molar-refractivity contribution in [1.29, 1.82) is 0 Å². The molecule has 3 rings (SSSR count). The number of nitrogens with zero attached hydrogens (tertiary/aromatic N) is 2. The molecule has 0 amide bonds. The van der Waals surface area contributed by atoms with Crippen molar-refractivity contribution in [1.82, 2.24) is 14.7 Å². The Morgan fingerprint density at radius 1 is 1.16 bits per heavy atom. The van der Waals surface area contributed by atoms with Gasteiger partial charge < -0.3 is 4.74 Å². The summed E-state index contributed by atoms with van der Waals surface area (Å²) in [5.74, 6) is 2.73. The van der Waals surface area contributed by atoms with Crippen molar-refractivity contribution in [3.63, 3.8) is 0 Å². The minimum atomic E-state index is -4.40. The summed E-state index contributed by atoms with van der Waals surface area (Å²) in [6.45, 7) is 0.0213. The number of aromatic nitrogens is 2. The van der Waals surface area contributed by atoms with E-state index in [-0.39, 0.29) is 6.61 Å².